The van der Waals surface area contributed by atoms with Crippen LogP contribution in [-0.4, -0.2) is 29.4 Å². The van der Waals surface area contributed by atoms with Crippen LogP contribution >= 0.6 is 0 Å². The minimum atomic E-state index is -0.0457. The summed E-state index contributed by atoms with van der Waals surface area (Å²) in [6.45, 7) is 0.666. The van der Waals surface area contributed by atoms with Gasteiger partial charge in [-0.15, -0.1) is 0 Å². The van der Waals surface area contributed by atoms with Crippen LogP contribution in [-0.2, 0) is 0 Å². The van der Waals surface area contributed by atoms with Crippen LogP contribution in [0.1, 0.15) is 44.7 Å². The van der Waals surface area contributed by atoms with E-state index in [9.17, 15) is 4.79 Å². The number of rotatable bonds is 2. The summed E-state index contributed by atoms with van der Waals surface area (Å²) in [7, 11) is 1.68. The quantitative estimate of drug-likeness (QED) is 0.539. The molecular weight excluding hydrogens is 360 g/mol. The molecule has 1 aromatic heterocycles. The third-order valence-electron chi connectivity index (χ3n) is 6.35. The van der Waals surface area contributed by atoms with Gasteiger partial charge in [-0.2, -0.15) is 0 Å². The van der Waals surface area contributed by atoms with E-state index in [1.165, 1.54) is 16.5 Å². The van der Waals surface area contributed by atoms with Crippen molar-refractivity contribution in [3.8, 4) is 5.75 Å². The molecule has 1 N–H and O–H groups in total. The predicted molar refractivity (Wildman–Crippen MR) is 112 cm³/mol. The van der Waals surface area contributed by atoms with E-state index < -0.39 is 0 Å². The van der Waals surface area contributed by atoms with Gasteiger partial charge in [-0.05, 0) is 41.0 Å². The first-order valence-electron chi connectivity index (χ1n) is 9.90. The highest BCUT2D eigenvalue weighted by Gasteiger charge is 2.45. The fraction of sp³-hybridized carbons (Fsp3) is 0.160. The molecule has 29 heavy (non-hydrogen) atoms. The molecule has 142 valence electrons. The van der Waals surface area contributed by atoms with Crippen LogP contribution in [0.3, 0.4) is 0 Å². The number of para-hydroxylation sites is 1. The van der Waals surface area contributed by atoms with E-state index in [4.69, 9.17) is 4.74 Å². The van der Waals surface area contributed by atoms with Crippen LogP contribution in [0.4, 0.5) is 0 Å². The minimum Gasteiger partial charge on any atom is -0.497 e. The molecule has 6 rings (SSSR count). The average Bonchev–Trinajstić information content (AvgIpc) is 3.30. The molecule has 0 spiro atoms. The van der Waals surface area contributed by atoms with Gasteiger partial charge in [-0.3, -0.25) is 4.79 Å². The molecule has 0 saturated heterocycles. The normalized spacial score (nSPS) is 19.8. The maximum atomic E-state index is 13.2. The number of carbonyl (C=O) groups is 1. The van der Waals surface area contributed by atoms with Crippen LogP contribution in [0.5, 0.6) is 5.75 Å². The number of hydrogen-bond acceptors (Lipinski definition) is 2. The summed E-state index contributed by atoms with van der Waals surface area (Å²) in [6, 6.07) is 24.6. The predicted octanol–water partition coefficient (Wildman–Crippen LogP) is 4.87. The van der Waals surface area contributed by atoms with Crippen molar-refractivity contribution in [1.82, 2.24) is 9.88 Å². The number of benzene rings is 3. The Hall–Kier alpha value is -3.53. The summed E-state index contributed by atoms with van der Waals surface area (Å²) >= 11 is 0. The monoisotopic (exact) mass is 380 g/mol. The SMILES string of the molecule is COc1ccc([C@H]2CN3C(=O)c4ccccc4[C@@H]3c3[nH]c4ccccc4c32)cc1. The molecule has 4 heteroatoms. The zero-order chi connectivity index (χ0) is 19.5. The molecule has 0 bridgehead atoms. The Morgan fingerprint density at radius 2 is 1.72 bits per heavy atom. The largest absolute Gasteiger partial charge is 0.497 e. The molecule has 3 aromatic carbocycles. The van der Waals surface area contributed by atoms with Crippen molar-refractivity contribution in [3.05, 3.63) is 101 Å². The van der Waals surface area contributed by atoms with Gasteiger partial charge in [0.05, 0.1) is 13.2 Å². The highest BCUT2D eigenvalue weighted by molar-refractivity contribution is 6.01. The van der Waals surface area contributed by atoms with Crippen molar-refractivity contribution in [2.24, 2.45) is 0 Å². The Morgan fingerprint density at radius 1 is 0.966 bits per heavy atom. The van der Waals surface area contributed by atoms with Crippen molar-refractivity contribution >= 4 is 16.8 Å². The second kappa shape index (κ2) is 5.98. The number of methoxy groups -OCH3 is 1. The van der Waals surface area contributed by atoms with Crippen LogP contribution in [0.2, 0.25) is 0 Å². The molecule has 4 nitrogen and oxygen atoms in total. The first-order chi connectivity index (χ1) is 14.3. The Kier molecular flexibility index (Phi) is 3.39. The second-order valence-electron chi connectivity index (χ2n) is 7.77. The molecule has 0 saturated carbocycles. The lowest BCUT2D eigenvalue weighted by atomic mass is 9.83. The number of carbonyl (C=O) groups excluding carboxylic acids is 1. The minimum absolute atomic E-state index is 0.0457. The summed E-state index contributed by atoms with van der Waals surface area (Å²) < 4.78 is 5.34. The third-order valence-corrected chi connectivity index (χ3v) is 6.35. The number of ether oxygens (including phenoxy) is 1. The van der Waals surface area contributed by atoms with E-state index in [1.54, 1.807) is 7.11 Å². The van der Waals surface area contributed by atoms with Crippen molar-refractivity contribution in [2.75, 3.05) is 13.7 Å². The van der Waals surface area contributed by atoms with Gasteiger partial charge in [-0.25, -0.2) is 0 Å². The number of amides is 1. The van der Waals surface area contributed by atoms with Crippen LogP contribution in [0.25, 0.3) is 10.9 Å². The fourth-order valence-electron chi connectivity index (χ4n) is 5.04. The number of hydrogen-bond donors (Lipinski definition) is 1. The van der Waals surface area contributed by atoms with Gasteiger partial charge in [0.2, 0.25) is 0 Å². The van der Waals surface area contributed by atoms with Gasteiger partial charge < -0.3 is 14.6 Å². The summed E-state index contributed by atoms with van der Waals surface area (Å²) in [5, 5.41) is 1.24. The smallest absolute Gasteiger partial charge is 0.255 e. The zero-order valence-electron chi connectivity index (χ0n) is 16.1. The molecule has 0 unspecified atom stereocenters. The lowest BCUT2D eigenvalue weighted by Crippen LogP contribution is -2.37. The number of H-pyrrole nitrogens is 1. The van der Waals surface area contributed by atoms with Crippen molar-refractivity contribution in [1.29, 1.82) is 0 Å². The summed E-state index contributed by atoms with van der Waals surface area (Å²) in [5.41, 5.74) is 6.66. The van der Waals surface area contributed by atoms with E-state index >= 15 is 0 Å². The van der Waals surface area contributed by atoms with E-state index in [1.807, 2.05) is 35.2 Å². The lowest BCUT2D eigenvalue weighted by molar-refractivity contribution is 0.0727. The van der Waals surface area contributed by atoms with Gasteiger partial charge >= 0.3 is 0 Å². The molecule has 4 aromatic rings. The maximum absolute atomic E-state index is 13.2. The average molecular weight is 380 g/mol. The fourth-order valence-corrected chi connectivity index (χ4v) is 5.04. The topological polar surface area (TPSA) is 45.3 Å². The third kappa shape index (κ3) is 2.23. The van der Waals surface area contributed by atoms with Gasteiger partial charge in [0.25, 0.3) is 5.91 Å². The van der Waals surface area contributed by atoms with E-state index in [2.05, 4.69) is 47.4 Å². The maximum Gasteiger partial charge on any atom is 0.255 e. The van der Waals surface area contributed by atoms with E-state index in [-0.39, 0.29) is 17.9 Å². The van der Waals surface area contributed by atoms with Gasteiger partial charge in [-0.1, -0.05) is 48.5 Å². The van der Waals surface area contributed by atoms with Crippen molar-refractivity contribution < 1.29 is 9.53 Å². The Labute approximate surface area is 168 Å². The van der Waals surface area contributed by atoms with Crippen molar-refractivity contribution in [2.45, 2.75) is 12.0 Å². The summed E-state index contributed by atoms with van der Waals surface area (Å²) in [6.07, 6.45) is 0. The molecule has 2 aliphatic rings. The Balaban J connectivity index is 1.60. The second-order valence-corrected chi connectivity index (χ2v) is 7.77. The van der Waals surface area contributed by atoms with E-state index in [0.29, 0.717) is 6.54 Å². The summed E-state index contributed by atoms with van der Waals surface area (Å²) in [4.78, 5) is 18.9. The van der Waals surface area contributed by atoms with Crippen molar-refractivity contribution in [3.63, 3.8) is 0 Å². The molecule has 0 fully saturated rings. The summed E-state index contributed by atoms with van der Waals surface area (Å²) in [5.74, 6) is 1.07. The molecule has 0 aliphatic carbocycles. The first kappa shape index (κ1) is 16.4. The standard InChI is InChI=1S/C25H20N2O2/c1-29-16-12-10-15(11-13-16)20-14-27-24(17-6-2-3-7-18(17)25(27)28)23-22(20)19-8-4-5-9-21(19)26-23/h2-13,20,24,26H,14H2,1H3/t20-,24-/m1/s1. The van der Waals surface area contributed by atoms with Crippen LogP contribution in [0, 0.1) is 0 Å². The highest BCUT2D eigenvalue weighted by atomic mass is 16.5. The van der Waals surface area contributed by atoms with Crippen LogP contribution < -0.4 is 4.74 Å². The number of nitrogens with one attached hydrogen (secondary N) is 1. The highest BCUT2D eigenvalue weighted by Crippen LogP contribution is 2.49. The molecule has 2 aliphatic heterocycles. The van der Waals surface area contributed by atoms with Gasteiger partial charge in [0.1, 0.15) is 5.75 Å². The number of aromatic nitrogens is 1. The molecular formula is C25H20N2O2. The molecule has 3 heterocycles. The first-order valence-corrected chi connectivity index (χ1v) is 9.90. The number of fused-ring (bicyclic) bond motifs is 7. The van der Waals surface area contributed by atoms with E-state index in [0.717, 1.165) is 28.1 Å². The molecule has 0 radical (unpaired) electrons. The molecule has 2 atom stereocenters. The Morgan fingerprint density at radius 3 is 2.55 bits per heavy atom. The Bertz CT molecular complexity index is 1260. The lowest BCUT2D eigenvalue weighted by Gasteiger charge is -2.36. The van der Waals surface area contributed by atoms with Gasteiger partial charge in [0, 0.05) is 34.6 Å². The van der Waals surface area contributed by atoms with Gasteiger partial charge in [0.15, 0.2) is 0 Å². The number of nitrogens with zero attached hydrogens (tertiary/aromatic N) is 1. The zero-order valence-corrected chi connectivity index (χ0v) is 16.1. The number of aromatic amines is 1. The van der Waals surface area contributed by atoms with Crippen LogP contribution in [0.15, 0.2) is 72.8 Å². The molecule has 1 amide bonds.